The van der Waals surface area contributed by atoms with E-state index < -0.39 is 6.10 Å². The van der Waals surface area contributed by atoms with E-state index in [1.807, 2.05) is 18.2 Å². The molecule has 2 rings (SSSR count). The van der Waals surface area contributed by atoms with Crippen molar-refractivity contribution < 1.29 is 5.11 Å². The van der Waals surface area contributed by atoms with Crippen LogP contribution in [-0.4, -0.2) is 18.2 Å². The molecule has 0 aliphatic carbocycles. The lowest BCUT2D eigenvalue weighted by Gasteiger charge is -2.12. The van der Waals surface area contributed by atoms with Crippen LogP contribution in [0, 0.1) is 0 Å². The number of hydrogen-bond acceptors (Lipinski definition) is 2. The summed E-state index contributed by atoms with van der Waals surface area (Å²) in [6.45, 7) is 3.76. The van der Waals surface area contributed by atoms with E-state index in [2.05, 4.69) is 36.5 Å². The minimum absolute atomic E-state index is 0.425. The Morgan fingerprint density at radius 1 is 1.11 bits per heavy atom. The maximum atomic E-state index is 10.1. The second-order valence-electron chi connectivity index (χ2n) is 4.68. The normalized spacial score (nSPS) is 12.8. The molecule has 2 aromatic rings. The monoisotopic (exact) mass is 243 g/mol. The number of aliphatic hydroxyl groups is 1. The van der Waals surface area contributed by atoms with Gasteiger partial charge in [0.25, 0.3) is 0 Å². The Labute approximate surface area is 109 Å². The molecule has 1 atom stereocenters. The minimum atomic E-state index is -0.425. The molecule has 0 saturated heterocycles. The summed E-state index contributed by atoms with van der Waals surface area (Å²) in [7, 11) is 0. The van der Waals surface area contributed by atoms with E-state index in [0.717, 1.165) is 18.5 Å². The van der Waals surface area contributed by atoms with Crippen LogP contribution in [0.4, 0.5) is 0 Å². The number of benzene rings is 2. The lowest BCUT2D eigenvalue weighted by Crippen LogP contribution is -2.22. The minimum Gasteiger partial charge on any atom is -0.387 e. The highest BCUT2D eigenvalue weighted by Crippen LogP contribution is 2.19. The molecule has 2 N–H and O–H groups in total. The molecule has 0 radical (unpaired) electrons. The number of fused-ring (bicyclic) bond motifs is 1. The fourth-order valence-corrected chi connectivity index (χ4v) is 2.07. The first-order chi connectivity index (χ1) is 8.81. The molecule has 0 aliphatic heterocycles. The predicted octanol–water partition coefficient (Wildman–Crippen LogP) is 3.26. The predicted molar refractivity (Wildman–Crippen MR) is 76.7 cm³/mol. The molecule has 2 heteroatoms. The number of hydrogen-bond donors (Lipinski definition) is 2. The molecule has 0 fully saturated rings. The van der Waals surface area contributed by atoms with Crippen molar-refractivity contribution in [2.24, 2.45) is 0 Å². The van der Waals surface area contributed by atoms with Crippen molar-refractivity contribution in [2.45, 2.75) is 25.9 Å². The van der Waals surface area contributed by atoms with Crippen LogP contribution < -0.4 is 5.32 Å². The number of rotatable bonds is 6. The van der Waals surface area contributed by atoms with Gasteiger partial charge in [-0.05, 0) is 35.4 Å². The molecule has 0 saturated carbocycles. The summed E-state index contributed by atoms with van der Waals surface area (Å²) in [5.74, 6) is 0. The summed E-state index contributed by atoms with van der Waals surface area (Å²) in [6, 6.07) is 14.4. The summed E-state index contributed by atoms with van der Waals surface area (Å²) < 4.78 is 0. The summed E-state index contributed by atoms with van der Waals surface area (Å²) in [5.41, 5.74) is 0.984. The Bertz CT molecular complexity index is 495. The van der Waals surface area contributed by atoms with Gasteiger partial charge in [-0.15, -0.1) is 0 Å². The highest BCUT2D eigenvalue weighted by Gasteiger charge is 2.07. The van der Waals surface area contributed by atoms with Gasteiger partial charge < -0.3 is 10.4 Å². The average molecular weight is 243 g/mol. The van der Waals surface area contributed by atoms with Gasteiger partial charge in [0, 0.05) is 6.54 Å². The van der Waals surface area contributed by atoms with Crippen LogP contribution in [-0.2, 0) is 0 Å². The van der Waals surface area contributed by atoms with E-state index in [1.54, 1.807) is 0 Å². The number of aliphatic hydroxyl groups excluding tert-OH is 1. The van der Waals surface area contributed by atoms with Crippen molar-refractivity contribution in [1.29, 1.82) is 0 Å². The summed E-state index contributed by atoms with van der Waals surface area (Å²) >= 11 is 0. The zero-order chi connectivity index (χ0) is 12.8. The maximum Gasteiger partial charge on any atom is 0.0914 e. The summed E-state index contributed by atoms with van der Waals surface area (Å²) in [4.78, 5) is 0. The SMILES string of the molecule is CCCCNCC(O)c1ccc2ccccc2c1. The van der Waals surface area contributed by atoms with Crippen LogP contribution in [0.3, 0.4) is 0 Å². The molecular weight excluding hydrogens is 222 g/mol. The number of nitrogens with one attached hydrogen (secondary N) is 1. The van der Waals surface area contributed by atoms with Crippen LogP contribution in [0.1, 0.15) is 31.4 Å². The fraction of sp³-hybridized carbons (Fsp3) is 0.375. The van der Waals surface area contributed by atoms with Gasteiger partial charge in [0.1, 0.15) is 0 Å². The third kappa shape index (κ3) is 3.31. The molecule has 2 nitrogen and oxygen atoms in total. The van der Waals surface area contributed by atoms with Crippen molar-refractivity contribution in [3.05, 3.63) is 48.0 Å². The van der Waals surface area contributed by atoms with Crippen molar-refractivity contribution in [1.82, 2.24) is 5.32 Å². The zero-order valence-corrected chi connectivity index (χ0v) is 10.9. The lowest BCUT2D eigenvalue weighted by atomic mass is 10.0. The highest BCUT2D eigenvalue weighted by molar-refractivity contribution is 5.83. The lowest BCUT2D eigenvalue weighted by molar-refractivity contribution is 0.175. The molecule has 0 bridgehead atoms. The van der Waals surface area contributed by atoms with Crippen molar-refractivity contribution in [2.75, 3.05) is 13.1 Å². The Morgan fingerprint density at radius 2 is 1.89 bits per heavy atom. The smallest absolute Gasteiger partial charge is 0.0914 e. The van der Waals surface area contributed by atoms with Gasteiger partial charge in [-0.2, -0.15) is 0 Å². The van der Waals surface area contributed by atoms with Crippen LogP contribution in [0.15, 0.2) is 42.5 Å². The Hall–Kier alpha value is -1.38. The molecule has 0 aromatic heterocycles. The Morgan fingerprint density at radius 3 is 2.67 bits per heavy atom. The van der Waals surface area contributed by atoms with Gasteiger partial charge in [0.2, 0.25) is 0 Å². The van der Waals surface area contributed by atoms with Gasteiger partial charge in [-0.25, -0.2) is 0 Å². The van der Waals surface area contributed by atoms with E-state index >= 15 is 0 Å². The Balaban J connectivity index is 2.01. The molecular formula is C16H21NO. The van der Waals surface area contributed by atoms with Gasteiger partial charge in [-0.3, -0.25) is 0 Å². The molecule has 0 heterocycles. The van der Waals surface area contributed by atoms with Crippen LogP contribution in [0.2, 0.25) is 0 Å². The van der Waals surface area contributed by atoms with Crippen molar-refractivity contribution in [3.63, 3.8) is 0 Å². The van der Waals surface area contributed by atoms with Crippen molar-refractivity contribution >= 4 is 10.8 Å². The van der Waals surface area contributed by atoms with E-state index in [9.17, 15) is 5.11 Å². The average Bonchev–Trinajstić information content (AvgIpc) is 2.43. The first-order valence-corrected chi connectivity index (χ1v) is 6.68. The largest absolute Gasteiger partial charge is 0.387 e. The molecule has 96 valence electrons. The number of unbranched alkanes of at least 4 members (excludes halogenated alkanes) is 1. The summed E-state index contributed by atoms with van der Waals surface area (Å²) in [5, 5.41) is 15.8. The van der Waals surface area contributed by atoms with E-state index in [4.69, 9.17) is 0 Å². The first-order valence-electron chi connectivity index (χ1n) is 6.68. The quantitative estimate of drug-likeness (QED) is 0.763. The molecule has 1 unspecified atom stereocenters. The van der Waals surface area contributed by atoms with Crippen molar-refractivity contribution in [3.8, 4) is 0 Å². The van der Waals surface area contributed by atoms with Gasteiger partial charge in [0.05, 0.1) is 6.10 Å². The summed E-state index contributed by atoms with van der Waals surface area (Å²) in [6.07, 6.45) is 1.91. The molecule has 0 aliphatic rings. The van der Waals surface area contributed by atoms with Crippen LogP contribution in [0.25, 0.3) is 10.8 Å². The van der Waals surface area contributed by atoms with Gasteiger partial charge >= 0.3 is 0 Å². The molecule has 0 amide bonds. The molecule has 2 aromatic carbocycles. The molecule has 0 spiro atoms. The maximum absolute atomic E-state index is 10.1. The van der Waals surface area contributed by atoms with E-state index in [0.29, 0.717) is 6.54 Å². The highest BCUT2D eigenvalue weighted by atomic mass is 16.3. The second-order valence-corrected chi connectivity index (χ2v) is 4.68. The molecule has 18 heavy (non-hydrogen) atoms. The van der Waals surface area contributed by atoms with Gasteiger partial charge in [0.15, 0.2) is 0 Å². The Kier molecular flexibility index (Phi) is 4.73. The van der Waals surface area contributed by atoms with Crippen LogP contribution in [0.5, 0.6) is 0 Å². The van der Waals surface area contributed by atoms with Gasteiger partial charge in [-0.1, -0.05) is 49.7 Å². The zero-order valence-electron chi connectivity index (χ0n) is 10.9. The second kappa shape index (κ2) is 6.53. The van der Waals surface area contributed by atoms with E-state index in [1.165, 1.54) is 17.2 Å². The first kappa shape index (κ1) is 13.1. The third-order valence-electron chi connectivity index (χ3n) is 3.20. The van der Waals surface area contributed by atoms with E-state index in [-0.39, 0.29) is 0 Å². The van der Waals surface area contributed by atoms with Crippen LogP contribution >= 0.6 is 0 Å². The topological polar surface area (TPSA) is 32.3 Å². The fourth-order valence-electron chi connectivity index (χ4n) is 2.07. The third-order valence-corrected chi connectivity index (χ3v) is 3.20. The standard InChI is InChI=1S/C16H21NO/c1-2-3-10-17-12-16(18)15-9-8-13-6-4-5-7-14(13)11-15/h4-9,11,16-18H,2-3,10,12H2,1H3.